The van der Waals surface area contributed by atoms with E-state index in [1.54, 1.807) is 12.1 Å². The van der Waals surface area contributed by atoms with Crippen molar-refractivity contribution in [3.05, 3.63) is 47.8 Å². The molecule has 0 aliphatic carbocycles. The summed E-state index contributed by atoms with van der Waals surface area (Å²) < 4.78 is 5.07. The molecule has 2 N–H and O–H groups in total. The summed E-state index contributed by atoms with van der Waals surface area (Å²) in [5, 5.41) is 12.1. The van der Waals surface area contributed by atoms with Crippen molar-refractivity contribution in [2.75, 3.05) is 0 Å². The van der Waals surface area contributed by atoms with Crippen LogP contribution in [0.4, 0.5) is 4.79 Å². The van der Waals surface area contributed by atoms with Crippen molar-refractivity contribution in [2.24, 2.45) is 5.41 Å². The van der Waals surface area contributed by atoms with Gasteiger partial charge in [0.15, 0.2) is 5.78 Å². The van der Waals surface area contributed by atoms with Crippen LogP contribution < -0.4 is 5.32 Å². The molecule has 2 rings (SSSR count). The van der Waals surface area contributed by atoms with Crippen LogP contribution in [-0.4, -0.2) is 27.3 Å². The van der Waals surface area contributed by atoms with E-state index in [1.807, 2.05) is 39.0 Å². The first-order valence-electron chi connectivity index (χ1n) is 7.64. The van der Waals surface area contributed by atoms with Gasteiger partial charge in [-0.25, -0.2) is 4.79 Å². The number of rotatable bonds is 6. The molecule has 1 aromatic heterocycles. The number of alkyl carbamates (subject to hydrolysis) is 1. The van der Waals surface area contributed by atoms with E-state index in [1.165, 1.54) is 0 Å². The first-order chi connectivity index (χ1) is 11.3. The minimum Gasteiger partial charge on any atom is -0.446 e. The van der Waals surface area contributed by atoms with E-state index < -0.39 is 12.1 Å². The number of carbonyl (C=O) groups is 2. The number of ketones is 1. The van der Waals surface area contributed by atoms with E-state index in [9.17, 15) is 9.59 Å². The molecule has 8 heteroatoms. The zero-order valence-corrected chi connectivity index (χ0v) is 16.5. The fraction of sp³-hybridized carbons (Fsp3) is 0.412. The molecule has 0 radical (unpaired) electrons. The molecule has 0 fully saturated rings. The Hall–Kier alpha value is -1.96. The third-order valence-electron chi connectivity index (χ3n) is 3.19. The summed E-state index contributed by atoms with van der Waals surface area (Å²) in [4.78, 5) is 24.7. The number of Topliss-reactive ketones (excluding diaryl/α,β-unsaturated/α-hetero) is 1. The number of aromatic amines is 1. The molecule has 1 heterocycles. The van der Waals surface area contributed by atoms with E-state index in [-0.39, 0.29) is 40.2 Å². The third kappa shape index (κ3) is 7.21. The second kappa shape index (κ2) is 9.50. The second-order valence-electron chi connectivity index (χ2n) is 6.67. The summed E-state index contributed by atoms with van der Waals surface area (Å²) in [6.07, 6.45) is 2.20. The first kappa shape index (κ1) is 21.1. The molecule has 0 aliphatic heterocycles. The van der Waals surface area contributed by atoms with E-state index in [2.05, 4.69) is 26.9 Å². The molecular weight excluding hydrogens is 505 g/mol. The van der Waals surface area contributed by atoms with E-state index in [4.69, 9.17) is 4.74 Å². The summed E-state index contributed by atoms with van der Waals surface area (Å²) in [5.74, 6) is -0.0691. The summed E-state index contributed by atoms with van der Waals surface area (Å²) in [5.41, 5.74) is 0.993. The van der Waals surface area contributed by atoms with Gasteiger partial charge in [0.05, 0.1) is 0 Å². The number of H-pyrrole nitrogens is 1. The molecule has 7 nitrogen and oxygen atoms in total. The summed E-state index contributed by atoms with van der Waals surface area (Å²) in [6, 6.07) is 8.36. The molecule has 0 saturated heterocycles. The molecule has 0 aliphatic rings. The molecular formula is C17H21AuN4O3. The van der Waals surface area contributed by atoms with Crippen LogP contribution >= 0.6 is 0 Å². The molecule has 0 saturated carbocycles. The van der Waals surface area contributed by atoms with Crippen molar-refractivity contribution in [2.45, 2.75) is 39.8 Å². The molecule has 1 atom stereocenters. The predicted octanol–water partition coefficient (Wildman–Crippen LogP) is 2.58. The van der Waals surface area contributed by atoms with E-state index in [0.29, 0.717) is 12.1 Å². The maximum absolute atomic E-state index is 12.6. The number of hydrogen-bond acceptors (Lipinski definition) is 5. The van der Waals surface area contributed by atoms with Gasteiger partial charge >= 0.3 is 28.5 Å². The van der Waals surface area contributed by atoms with Crippen LogP contribution in [0.15, 0.2) is 30.3 Å². The largest absolute Gasteiger partial charge is 1.00 e. The molecule has 0 unspecified atom stereocenters. The Labute approximate surface area is 162 Å². The number of nitrogens with one attached hydrogen (secondary N) is 2. The average Bonchev–Trinajstić information content (AvgIpc) is 3.03. The van der Waals surface area contributed by atoms with Gasteiger partial charge in [0, 0.05) is 6.42 Å². The zero-order chi connectivity index (χ0) is 17.6. The van der Waals surface area contributed by atoms with Crippen LogP contribution in [0.25, 0.3) is 0 Å². The van der Waals surface area contributed by atoms with Crippen LogP contribution in [-0.2, 0) is 38.5 Å². The molecule has 25 heavy (non-hydrogen) atoms. The van der Waals surface area contributed by atoms with Crippen molar-refractivity contribution in [3.8, 4) is 0 Å². The number of benzene rings is 1. The van der Waals surface area contributed by atoms with Crippen molar-refractivity contribution >= 4 is 11.9 Å². The van der Waals surface area contributed by atoms with Crippen LogP contribution in [0.5, 0.6) is 0 Å². The fourth-order valence-corrected chi connectivity index (χ4v) is 2.18. The monoisotopic (exact) mass is 526 g/mol. The Balaban J connectivity index is 0.00000312. The topological polar surface area (TPSA) is 97.0 Å². The minimum atomic E-state index is -0.748. The zero-order valence-electron chi connectivity index (χ0n) is 14.3. The number of amides is 1. The Morgan fingerprint density at radius 1 is 1.28 bits per heavy atom. The van der Waals surface area contributed by atoms with Gasteiger partial charge in [-0.3, -0.25) is 9.89 Å². The van der Waals surface area contributed by atoms with Gasteiger partial charge < -0.3 is 21.3 Å². The normalized spacial score (nSPS) is 12.0. The molecule has 138 valence electrons. The minimum absolute atomic E-state index is 0. The summed E-state index contributed by atoms with van der Waals surface area (Å²) >= 11 is 0. The first-order valence-corrected chi connectivity index (χ1v) is 7.64. The molecule has 0 spiro atoms. The second-order valence-corrected chi connectivity index (χ2v) is 6.67. The van der Waals surface area contributed by atoms with Crippen molar-refractivity contribution < 1.29 is 36.7 Å². The van der Waals surface area contributed by atoms with Gasteiger partial charge in [0.2, 0.25) is 0 Å². The van der Waals surface area contributed by atoms with Gasteiger partial charge in [-0.15, -0.1) is 5.21 Å². The summed E-state index contributed by atoms with van der Waals surface area (Å²) in [6.45, 7) is 5.89. The average molecular weight is 526 g/mol. The standard InChI is InChI=1S/C17H21N4O3.Au/c1-17(2,3)9-14(22)15(12-7-5-4-6-8-12)19-16(23)24-11-13-10-18-21-20-13;/h4-8,15H,9,11H2,1-3H3,(H,19,23)(H,18,20,21);/q-1;+1/t15-;/m1./s1. The van der Waals surface area contributed by atoms with E-state index >= 15 is 0 Å². The molecule has 2 aromatic rings. The smallest absolute Gasteiger partial charge is 0.446 e. The summed E-state index contributed by atoms with van der Waals surface area (Å²) in [7, 11) is 0. The molecule has 0 bridgehead atoms. The van der Waals surface area contributed by atoms with Gasteiger partial charge in [-0.2, -0.15) is 0 Å². The van der Waals surface area contributed by atoms with Gasteiger partial charge in [0.25, 0.3) is 0 Å². The number of hydrogen-bond donors (Lipinski definition) is 2. The Morgan fingerprint density at radius 3 is 2.52 bits per heavy atom. The number of carbonyl (C=O) groups excluding carboxylic acids is 2. The van der Waals surface area contributed by atoms with Gasteiger partial charge in [0.1, 0.15) is 12.6 Å². The fourth-order valence-electron chi connectivity index (χ4n) is 2.18. The van der Waals surface area contributed by atoms with Crippen molar-refractivity contribution in [1.82, 2.24) is 20.7 Å². The van der Waals surface area contributed by atoms with E-state index in [0.717, 1.165) is 5.56 Å². The van der Waals surface area contributed by atoms with Crippen LogP contribution in [0.2, 0.25) is 0 Å². The SMILES string of the molecule is CC(C)(C)CC(=O)[C@H](NC(=O)OCc1[c-]nn[nH]1)c1ccccc1.[Au+]. The van der Waals surface area contributed by atoms with Crippen molar-refractivity contribution in [3.63, 3.8) is 0 Å². The predicted molar refractivity (Wildman–Crippen MR) is 86.8 cm³/mol. The van der Waals surface area contributed by atoms with Gasteiger partial charge in [-0.1, -0.05) is 56.8 Å². The maximum atomic E-state index is 12.6. The molecule has 1 amide bonds. The Kier molecular flexibility index (Phi) is 8.02. The Bertz CT molecular complexity index is 669. The third-order valence-corrected chi connectivity index (χ3v) is 3.19. The number of nitrogens with zero attached hydrogens (tertiary/aromatic N) is 2. The van der Waals surface area contributed by atoms with Crippen LogP contribution in [0.3, 0.4) is 0 Å². The molecule has 1 aromatic carbocycles. The van der Waals surface area contributed by atoms with Crippen LogP contribution in [0, 0.1) is 11.6 Å². The van der Waals surface area contributed by atoms with Crippen LogP contribution in [0.1, 0.15) is 44.5 Å². The maximum Gasteiger partial charge on any atom is 1.00 e. The number of ether oxygens (including phenoxy) is 1. The van der Waals surface area contributed by atoms with Gasteiger partial charge in [-0.05, 0) is 11.0 Å². The Morgan fingerprint density at radius 2 is 1.96 bits per heavy atom. The van der Waals surface area contributed by atoms with Crippen molar-refractivity contribution in [1.29, 1.82) is 0 Å². The number of aromatic nitrogens is 3. The quantitative estimate of drug-likeness (QED) is 0.446.